The Labute approximate surface area is 178 Å². The molecule has 3 aromatic rings. The molecule has 0 saturated carbocycles. The minimum absolute atomic E-state index is 0.0766. The average Bonchev–Trinajstić information content (AvgIpc) is 2.69. The van der Waals surface area contributed by atoms with Crippen LogP contribution in [0.3, 0.4) is 0 Å². The van der Waals surface area contributed by atoms with E-state index in [-0.39, 0.29) is 24.8 Å². The number of carbonyl (C=O) groups is 2. The summed E-state index contributed by atoms with van der Waals surface area (Å²) in [6.45, 7) is 0. The number of ketones is 1. The number of benzene rings is 2. The van der Waals surface area contributed by atoms with Crippen LogP contribution in [0.15, 0.2) is 47.3 Å². The quantitative estimate of drug-likeness (QED) is 0.425. The predicted molar refractivity (Wildman–Crippen MR) is 107 cm³/mol. The summed E-state index contributed by atoms with van der Waals surface area (Å²) in [5.41, 5.74) is 3.28. The first-order valence-corrected chi connectivity index (χ1v) is 9.31. The molecule has 3 N–H and O–H groups in total. The van der Waals surface area contributed by atoms with Crippen molar-refractivity contribution >= 4 is 17.6 Å². The first kappa shape index (κ1) is 22.7. The van der Waals surface area contributed by atoms with Gasteiger partial charge in [0, 0.05) is 18.6 Å². The van der Waals surface area contributed by atoms with Gasteiger partial charge in [-0.05, 0) is 48.7 Å². The van der Waals surface area contributed by atoms with Gasteiger partial charge in [0.05, 0.1) is 11.1 Å². The summed E-state index contributed by atoms with van der Waals surface area (Å²) >= 11 is 0. The molecular formula is C22H16F4N2O4. The lowest BCUT2D eigenvalue weighted by atomic mass is 10.0. The Morgan fingerprint density at radius 1 is 0.906 bits per heavy atom. The highest BCUT2D eigenvalue weighted by atomic mass is 19.1. The molecule has 0 aliphatic heterocycles. The molecule has 0 amide bonds. The van der Waals surface area contributed by atoms with E-state index in [4.69, 9.17) is 10.8 Å². The molecule has 166 valence electrons. The van der Waals surface area contributed by atoms with Gasteiger partial charge in [-0.1, -0.05) is 0 Å². The number of nitrogen functional groups attached to an aromatic ring is 1. The SMILES string of the molecule is Nc1c(C(=O)c2ccc(F)cc2F)ccc(=O)n1-c1c(F)cc(CCCC(=O)O)cc1F. The van der Waals surface area contributed by atoms with E-state index >= 15 is 0 Å². The second kappa shape index (κ2) is 9.04. The van der Waals surface area contributed by atoms with E-state index in [0.717, 1.165) is 36.4 Å². The molecule has 0 unspecified atom stereocenters. The molecule has 2 aromatic carbocycles. The molecule has 0 fully saturated rings. The normalized spacial score (nSPS) is 10.9. The zero-order chi connectivity index (χ0) is 23.6. The lowest BCUT2D eigenvalue weighted by molar-refractivity contribution is -0.137. The van der Waals surface area contributed by atoms with Crippen molar-refractivity contribution in [3.63, 3.8) is 0 Å². The Kier molecular flexibility index (Phi) is 6.42. The van der Waals surface area contributed by atoms with Crippen LogP contribution in [0.25, 0.3) is 5.69 Å². The van der Waals surface area contributed by atoms with Gasteiger partial charge in [-0.3, -0.25) is 19.0 Å². The van der Waals surface area contributed by atoms with Crippen molar-refractivity contribution in [2.45, 2.75) is 19.3 Å². The summed E-state index contributed by atoms with van der Waals surface area (Å²) in [5.74, 6) is -7.12. The second-order valence-corrected chi connectivity index (χ2v) is 6.91. The third kappa shape index (κ3) is 4.53. The van der Waals surface area contributed by atoms with Crippen LogP contribution in [0.4, 0.5) is 23.4 Å². The number of nitrogens with zero attached hydrogens (tertiary/aromatic N) is 1. The highest BCUT2D eigenvalue weighted by Crippen LogP contribution is 2.25. The predicted octanol–water partition coefficient (Wildman–Crippen LogP) is 3.61. The maximum Gasteiger partial charge on any atom is 0.303 e. The lowest BCUT2D eigenvalue weighted by Crippen LogP contribution is -2.25. The molecule has 6 nitrogen and oxygen atoms in total. The zero-order valence-corrected chi connectivity index (χ0v) is 16.4. The van der Waals surface area contributed by atoms with Crippen LogP contribution < -0.4 is 11.3 Å². The Morgan fingerprint density at radius 3 is 2.12 bits per heavy atom. The Balaban J connectivity index is 2.07. The van der Waals surface area contributed by atoms with Gasteiger partial charge in [0.1, 0.15) is 23.1 Å². The van der Waals surface area contributed by atoms with Gasteiger partial charge in [-0.2, -0.15) is 0 Å². The third-order valence-corrected chi connectivity index (χ3v) is 4.71. The molecule has 0 saturated heterocycles. The third-order valence-electron chi connectivity index (χ3n) is 4.71. The average molecular weight is 448 g/mol. The summed E-state index contributed by atoms with van der Waals surface area (Å²) in [5, 5.41) is 8.67. The van der Waals surface area contributed by atoms with Crippen molar-refractivity contribution < 1.29 is 32.3 Å². The molecular weight excluding hydrogens is 432 g/mol. The number of halogens is 4. The fraction of sp³-hybridized carbons (Fsp3) is 0.136. The molecule has 1 heterocycles. The molecule has 0 spiro atoms. The monoisotopic (exact) mass is 448 g/mol. The second-order valence-electron chi connectivity index (χ2n) is 6.91. The summed E-state index contributed by atoms with van der Waals surface area (Å²) < 4.78 is 57.1. The summed E-state index contributed by atoms with van der Waals surface area (Å²) in [6, 6.07) is 5.91. The van der Waals surface area contributed by atoms with Gasteiger partial charge in [0.2, 0.25) is 0 Å². The zero-order valence-electron chi connectivity index (χ0n) is 16.4. The molecule has 0 radical (unpaired) electrons. The molecule has 1 aromatic heterocycles. The van der Waals surface area contributed by atoms with Crippen molar-refractivity contribution in [2.24, 2.45) is 0 Å². The van der Waals surface area contributed by atoms with Gasteiger partial charge in [0.15, 0.2) is 17.4 Å². The summed E-state index contributed by atoms with van der Waals surface area (Å²) in [6.07, 6.45) is 0.0253. The summed E-state index contributed by atoms with van der Waals surface area (Å²) in [7, 11) is 0. The fourth-order valence-electron chi connectivity index (χ4n) is 3.21. The van der Waals surface area contributed by atoms with Crippen molar-refractivity contribution in [1.29, 1.82) is 0 Å². The maximum absolute atomic E-state index is 14.7. The largest absolute Gasteiger partial charge is 0.481 e. The number of anilines is 1. The minimum Gasteiger partial charge on any atom is -0.481 e. The topological polar surface area (TPSA) is 102 Å². The maximum atomic E-state index is 14.7. The van der Waals surface area contributed by atoms with E-state index in [1.54, 1.807) is 0 Å². The first-order chi connectivity index (χ1) is 15.1. The van der Waals surface area contributed by atoms with Crippen LogP contribution in [-0.4, -0.2) is 21.4 Å². The molecule has 32 heavy (non-hydrogen) atoms. The number of carboxylic acids is 1. The van der Waals surface area contributed by atoms with Gasteiger partial charge < -0.3 is 10.8 Å². The molecule has 0 atom stereocenters. The number of aryl methyl sites for hydroxylation is 1. The van der Waals surface area contributed by atoms with Crippen molar-refractivity contribution in [2.75, 3.05) is 5.73 Å². The van der Waals surface area contributed by atoms with Crippen LogP contribution in [0.1, 0.15) is 34.3 Å². The molecule has 3 rings (SSSR count). The lowest BCUT2D eigenvalue weighted by Gasteiger charge is -2.15. The van der Waals surface area contributed by atoms with Crippen LogP contribution in [0, 0.1) is 23.3 Å². The number of carbonyl (C=O) groups excluding carboxylic acids is 1. The van der Waals surface area contributed by atoms with Gasteiger partial charge in [-0.15, -0.1) is 0 Å². The van der Waals surface area contributed by atoms with E-state index in [1.165, 1.54) is 0 Å². The van der Waals surface area contributed by atoms with E-state index in [1.807, 2.05) is 0 Å². The number of nitrogens with two attached hydrogens (primary N) is 1. The summed E-state index contributed by atoms with van der Waals surface area (Å²) in [4.78, 5) is 35.6. The van der Waals surface area contributed by atoms with Crippen molar-refractivity contribution in [3.05, 3.63) is 92.8 Å². The van der Waals surface area contributed by atoms with E-state index in [2.05, 4.69) is 0 Å². The number of aliphatic carboxylic acids is 1. The number of hydrogen-bond donors (Lipinski definition) is 2. The Hall–Kier alpha value is -3.95. The van der Waals surface area contributed by atoms with Gasteiger partial charge in [-0.25, -0.2) is 17.6 Å². The van der Waals surface area contributed by atoms with Crippen LogP contribution >= 0.6 is 0 Å². The molecule has 10 heteroatoms. The number of rotatable bonds is 7. The number of aromatic nitrogens is 1. The van der Waals surface area contributed by atoms with E-state index in [9.17, 15) is 31.9 Å². The Bertz CT molecular complexity index is 1260. The minimum atomic E-state index is -1.17. The standard InChI is InChI=1S/C22H16F4N2O4/c23-12-4-5-13(15(24)10-12)21(32)14-6-7-18(29)28(22(14)27)20-16(25)8-11(9-17(20)26)2-1-3-19(30)31/h4-10H,1-3,27H2,(H,30,31). The van der Waals surface area contributed by atoms with E-state index < -0.39 is 63.2 Å². The van der Waals surface area contributed by atoms with Crippen LogP contribution in [0.5, 0.6) is 0 Å². The number of hydrogen-bond acceptors (Lipinski definition) is 4. The number of pyridine rings is 1. The molecule has 0 aliphatic carbocycles. The Morgan fingerprint density at radius 2 is 1.53 bits per heavy atom. The van der Waals surface area contributed by atoms with Crippen LogP contribution in [0.2, 0.25) is 0 Å². The fourth-order valence-corrected chi connectivity index (χ4v) is 3.21. The molecule has 0 bridgehead atoms. The highest BCUT2D eigenvalue weighted by molar-refractivity contribution is 6.11. The van der Waals surface area contributed by atoms with E-state index in [0.29, 0.717) is 10.6 Å². The smallest absolute Gasteiger partial charge is 0.303 e. The van der Waals surface area contributed by atoms with Crippen molar-refractivity contribution in [1.82, 2.24) is 4.57 Å². The first-order valence-electron chi connectivity index (χ1n) is 9.31. The van der Waals surface area contributed by atoms with Crippen molar-refractivity contribution in [3.8, 4) is 5.69 Å². The number of carboxylic acid groups (broad SMARTS) is 1. The molecule has 0 aliphatic rings. The van der Waals surface area contributed by atoms with Gasteiger partial charge >= 0.3 is 5.97 Å². The van der Waals surface area contributed by atoms with Crippen LogP contribution in [-0.2, 0) is 11.2 Å². The highest BCUT2D eigenvalue weighted by Gasteiger charge is 2.23. The van der Waals surface area contributed by atoms with Gasteiger partial charge in [0.25, 0.3) is 5.56 Å².